The van der Waals surface area contributed by atoms with Crippen LogP contribution in [0.1, 0.15) is 51.4 Å². The average molecular weight is 240 g/mol. The molecule has 2 rings (SSSR count). The number of unbranched alkanes of at least 4 members (excludes halogenated alkanes) is 2. The van der Waals surface area contributed by atoms with Crippen LogP contribution in [0.25, 0.3) is 0 Å². The summed E-state index contributed by atoms with van der Waals surface area (Å²) < 4.78 is 5.09. The average Bonchev–Trinajstić information content (AvgIpc) is 2.29. The molecule has 2 saturated heterocycles. The minimum absolute atomic E-state index is 0.468. The highest BCUT2D eigenvalue weighted by molar-refractivity contribution is 4.93. The van der Waals surface area contributed by atoms with E-state index >= 15 is 0 Å². The van der Waals surface area contributed by atoms with Gasteiger partial charge in [0, 0.05) is 31.8 Å². The van der Waals surface area contributed by atoms with Crippen LogP contribution >= 0.6 is 0 Å². The van der Waals surface area contributed by atoms with Crippen molar-refractivity contribution in [1.29, 1.82) is 0 Å². The molecule has 2 atom stereocenters. The molecule has 3 nitrogen and oxygen atoms in total. The molecule has 2 heterocycles. The van der Waals surface area contributed by atoms with Gasteiger partial charge in [-0.15, -0.1) is 0 Å². The minimum Gasteiger partial charge on any atom is -0.385 e. The third kappa shape index (κ3) is 3.67. The minimum atomic E-state index is 0.468. The smallest absolute Gasteiger partial charge is 0.0462 e. The van der Waals surface area contributed by atoms with Gasteiger partial charge >= 0.3 is 0 Å². The van der Waals surface area contributed by atoms with Crippen LogP contribution in [0.2, 0.25) is 0 Å². The molecule has 17 heavy (non-hydrogen) atoms. The first-order chi connectivity index (χ1) is 8.31. The molecule has 0 aliphatic carbocycles. The lowest BCUT2D eigenvalue weighted by molar-refractivity contribution is 0.0298. The van der Waals surface area contributed by atoms with Gasteiger partial charge in [-0.2, -0.15) is 0 Å². The highest BCUT2D eigenvalue weighted by atomic mass is 16.5. The molecule has 0 radical (unpaired) electrons. The Balaban J connectivity index is 1.72. The maximum Gasteiger partial charge on any atom is 0.0462 e. The molecule has 100 valence electrons. The van der Waals surface area contributed by atoms with Gasteiger partial charge in [0.2, 0.25) is 0 Å². The van der Waals surface area contributed by atoms with Gasteiger partial charge in [0.15, 0.2) is 0 Å². The van der Waals surface area contributed by atoms with Crippen molar-refractivity contribution < 1.29 is 4.74 Å². The zero-order valence-corrected chi connectivity index (χ0v) is 11.2. The van der Waals surface area contributed by atoms with E-state index in [0.717, 1.165) is 18.7 Å². The molecule has 2 aliphatic heterocycles. The molecule has 2 unspecified atom stereocenters. The lowest BCUT2D eigenvalue weighted by atomic mass is 9.82. The van der Waals surface area contributed by atoms with Gasteiger partial charge in [-0.3, -0.25) is 4.90 Å². The fourth-order valence-electron chi connectivity index (χ4n) is 3.60. The molecular formula is C14H28N2O. The number of methoxy groups -OCH3 is 1. The van der Waals surface area contributed by atoms with E-state index in [2.05, 4.69) is 4.90 Å². The summed E-state index contributed by atoms with van der Waals surface area (Å²) in [5.41, 5.74) is 6.14. The standard InChI is InChI=1S/C14H28N2O/c1-17-9-4-2-3-8-16-13-6-5-7-14(16)11-12(15)10-13/h12-14H,2-11,15H2,1H3. The number of hydrogen-bond acceptors (Lipinski definition) is 3. The van der Waals surface area contributed by atoms with Crippen molar-refractivity contribution in [3.05, 3.63) is 0 Å². The van der Waals surface area contributed by atoms with Crippen molar-refractivity contribution in [2.45, 2.75) is 69.5 Å². The molecule has 0 spiro atoms. The summed E-state index contributed by atoms with van der Waals surface area (Å²) >= 11 is 0. The van der Waals surface area contributed by atoms with Gasteiger partial charge < -0.3 is 10.5 Å². The summed E-state index contributed by atoms with van der Waals surface area (Å²) in [4.78, 5) is 2.76. The fraction of sp³-hybridized carbons (Fsp3) is 1.00. The summed E-state index contributed by atoms with van der Waals surface area (Å²) in [6, 6.07) is 2.05. The zero-order chi connectivity index (χ0) is 12.1. The highest BCUT2D eigenvalue weighted by Crippen LogP contribution is 2.33. The molecule has 2 N–H and O–H groups in total. The molecule has 2 fully saturated rings. The van der Waals surface area contributed by atoms with E-state index in [-0.39, 0.29) is 0 Å². The molecule has 0 amide bonds. The Bertz CT molecular complexity index is 208. The second-order valence-electron chi connectivity index (χ2n) is 5.76. The van der Waals surface area contributed by atoms with E-state index in [4.69, 9.17) is 10.5 Å². The molecule has 0 aromatic heterocycles. The van der Waals surface area contributed by atoms with Crippen LogP contribution in [0.4, 0.5) is 0 Å². The Kier molecular flexibility index (Phi) is 5.26. The molecular weight excluding hydrogens is 212 g/mol. The first-order valence-electron chi connectivity index (χ1n) is 7.31. The van der Waals surface area contributed by atoms with Gasteiger partial charge in [0.1, 0.15) is 0 Å². The number of rotatable bonds is 6. The first-order valence-corrected chi connectivity index (χ1v) is 7.31. The van der Waals surface area contributed by atoms with Crippen LogP contribution in [0.3, 0.4) is 0 Å². The maximum absolute atomic E-state index is 6.14. The number of fused-ring (bicyclic) bond motifs is 2. The predicted molar refractivity (Wildman–Crippen MR) is 71.1 cm³/mol. The highest BCUT2D eigenvalue weighted by Gasteiger charge is 2.36. The Hall–Kier alpha value is -0.120. The molecule has 0 saturated carbocycles. The fourth-order valence-corrected chi connectivity index (χ4v) is 3.60. The second kappa shape index (κ2) is 6.72. The number of piperidine rings is 2. The Morgan fingerprint density at radius 1 is 1.12 bits per heavy atom. The van der Waals surface area contributed by atoms with Gasteiger partial charge in [-0.25, -0.2) is 0 Å². The van der Waals surface area contributed by atoms with E-state index in [0.29, 0.717) is 6.04 Å². The van der Waals surface area contributed by atoms with Crippen LogP contribution in [0, 0.1) is 0 Å². The number of hydrogen-bond donors (Lipinski definition) is 1. The van der Waals surface area contributed by atoms with Crippen LogP contribution in [-0.2, 0) is 4.74 Å². The van der Waals surface area contributed by atoms with E-state index < -0.39 is 0 Å². The predicted octanol–water partition coefficient (Wildman–Crippen LogP) is 2.15. The van der Waals surface area contributed by atoms with E-state index in [1.165, 1.54) is 57.9 Å². The Labute approximate surface area is 106 Å². The lowest BCUT2D eigenvalue weighted by Crippen LogP contribution is -2.55. The zero-order valence-electron chi connectivity index (χ0n) is 11.2. The van der Waals surface area contributed by atoms with E-state index in [1.807, 2.05) is 0 Å². The molecule has 3 heteroatoms. The van der Waals surface area contributed by atoms with Gasteiger partial charge in [0.25, 0.3) is 0 Å². The topological polar surface area (TPSA) is 38.5 Å². The number of nitrogens with zero attached hydrogens (tertiary/aromatic N) is 1. The van der Waals surface area contributed by atoms with Crippen molar-refractivity contribution >= 4 is 0 Å². The van der Waals surface area contributed by atoms with Crippen LogP contribution in [-0.4, -0.2) is 43.3 Å². The van der Waals surface area contributed by atoms with Crippen LogP contribution < -0.4 is 5.73 Å². The van der Waals surface area contributed by atoms with Gasteiger partial charge in [-0.05, 0) is 51.5 Å². The normalized spacial score (nSPS) is 33.9. The van der Waals surface area contributed by atoms with Crippen molar-refractivity contribution in [3.63, 3.8) is 0 Å². The molecule has 0 aromatic carbocycles. The molecule has 2 bridgehead atoms. The maximum atomic E-state index is 6.14. The number of ether oxygens (including phenoxy) is 1. The lowest BCUT2D eigenvalue weighted by Gasteiger charge is -2.48. The third-order valence-electron chi connectivity index (χ3n) is 4.43. The third-order valence-corrected chi connectivity index (χ3v) is 4.43. The largest absolute Gasteiger partial charge is 0.385 e. The van der Waals surface area contributed by atoms with E-state index in [9.17, 15) is 0 Å². The van der Waals surface area contributed by atoms with Crippen molar-refractivity contribution in [3.8, 4) is 0 Å². The summed E-state index contributed by atoms with van der Waals surface area (Å²) in [6.45, 7) is 2.20. The van der Waals surface area contributed by atoms with Gasteiger partial charge in [-0.1, -0.05) is 6.42 Å². The van der Waals surface area contributed by atoms with Crippen LogP contribution in [0.5, 0.6) is 0 Å². The van der Waals surface area contributed by atoms with Crippen molar-refractivity contribution in [2.24, 2.45) is 5.73 Å². The molecule has 0 aromatic rings. The van der Waals surface area contributed by atoms with Crippen molar-refractivity contribution in [1.82, 2.24) is 4.90 Å². The first kappa shape index (κ1) is 13.3. The monoisotopic (exact) mass is 240 g/mol. The summed E-state index contributed by atoms with van der Waals surface area (Å²) in [7, 11) is 1.79. The van der Waals surface area contributed by atoms with Crippen LogP contribution in [0.15, 0.2) is 0 Å². The second-order valence-corrected chi connectivity index (χ2v) is 5.76. The number of nitrogens with two attached hydrogens (primary N) is 1. The van der Waals surface area contributed by atoms with E-state index in [1.54, 1.807) is 7.11 Å². The Morgan fingerprint density at radius 3 is 2.47 bits per heavy atom. The summed E-state index contributed by atoms with van der Waals surface area (Å²) in [6.07, 6.45) is 10.5. The van der Waals surface area contributed by atoms with Crippen molar-refractivity contribution in [2.75, 3.05) is 20.3 Å². The van der Waals surface area contributed by atoms with Gasteiger partial charge in [0.05, 0.1) is 0 Å². The summed E-state index contributed by atoms with van der Waals surface area (Å²) in [5.74, 6) is 0. The quantitative estimate of drug-likeness (QED) is 0.723. The summed E-state index contributed by atoms with van der Waals surface area (Å²) in [5, 5.41) is 0. The Morgan fingerprint density at radius 2 is 1.82 bits per heavy atom. The SMILES string of the molecule is COCCCCCN1C2CCCC1CC(N)C2. The molecule has 2 aliphatic rings.